The molecule has 0 fully saturated rings. The molecule has 0 unspecified atom stereocenters. The van der Waals surface area contributed by atoms with Crippen LogP contribution in [0.25, 0.3) is 0 Å². The summed E-state index contributed by atoms with van der Waals surface area (Å²) >= 11 is 0. The summed E-state index contributed by atoms with van der Waals surface area (Å²) in [5.74, 6) is -1.08. The van der Waals surface area contributed by atoms with Gasteiger partial charge < -0.3 is 9.90 Å². The number of nitro groups is 1. The molecular weight excluding hydrogens is 277 g/mol. The second-order valence-electron chi connectivity index (χ2n) is 2.72. The number of nitrogens with zero attached hydrogens (tertiary/aromatic N) is 1. The van der Waals surface area contributed by atoms with Crippen molar-refractivity contribution in [3.63, 3.8) is 0 Å². The van der Waals surface area contributed by atoms with Crippen LogP contribution in [0.4, 0.5) is 5.69 Å². The van der Waals surface area contributed by atoms with Gasteiger partial charge in [0.2, 0.25) is 0 Å². The van der Waals surface area contributed by atoms with Crippen molar-refractivity contribution in [3.8, 4) is 0 Å². The number of hydrogen-bond donors (Lipinski definition) is 1. The zero-order valence-corrected chi connectivity index (χ0v) is 12.4. The van der Waals surface area contributed by atoms with Crippen LogP contribution in [0, 0.1) is 10.1 Å². The molecule has 0 heterocycles. The molecule has 0 aliphatic heterocycles. The molecule has 1 rings (SSSR count). The molecule has 0 spiro atoms. The molecule has 94 valence electrons. The molecule has 0 aromatic heterocycles. The largest absolute Gasteiger partial charge is 1.00 e. The average Bonchev–Trinajstić information content (AvgIpc) is 2.15. The molecule has 0 saturated heterocycles. The number of nitro benzene ring substituents is 1. The summed E-state index contributed by atoms with van der Waals surface area (Å²) in [5, 5.41) is 19.1. The normalized spacial score (nSPS) is 9.44. The Morgan fingerprint density at radius 2 is 1.83 bits per heavy atom. The van der Waals surface area contributed by atoms with Gasteiger partial charge in [-0.3, -0.25) is 14.7 Å². The number of carboxylic acid groups (broad SMARTS) is 1. The number of hydrogen-bond acceptors (Lipinski definition) is 6. The Bertz CT molecular complexity index is 524. The van der Waals surface area contributed by atoms with Crippen molar-refractivity contribution in [3.05, 3.63) is 34.4 Å². The third kappa shape index (κ3) is 8.14. The number of benzene rings is 1. The van der Waals surface area contributed by atoms with Gasteiger partial charge in [-0.15, -0.1) is 0 Å². The van der Waals surface area contributed by atoms with Crippen molar-refractivity contribution in [2.45, 2.75) is 11.8 Å². The van der Waals surface area contributed by atoms with E-state index >= 15 is 0 Å². The van der Waals surface area contributed by atoms with Gasteiger partial charge in [0.1, 0.15) is 4.90 Å². The van der Waals surface area contributed by atoms with Crippen LogP contribution in [-0.2, 0) is 14.9 Å². The first-order chi connectivity index (χ1) is 7.64. The molecule has 0 saturated carbocycles. The fourth-order valence-corrected chi connectivity index (χ4v) is 1.28. The van der Waals surface area contributed by atoms with E-state index in [1.807, 2.05) is 0 Å². The van der Waals surface area contributed by atoms with Crippen molar-refractivity contribution in [1.82, 2.24) is 0 Å². The molecule has 0 aliphatic rings. The van der Waals surface area contributed by atoms with Crippen LogP contribution in [0.3, 0.4) is 0 Å². The van der Waals surface area contributed by atoms with Gasteiger partial charge in [-0.05, 0) is 13.0 Å². The average molecular weight is 285 g/mol. The molecular formula is C8H8NNaO7S. The minimum atomic E-state index is -4.36. The van der Waals surface area contributed by atoms with Crippen LogP contribution < -0.4 is 34.7 Å². The van der Waals surface area contributed by atoms with Crippen LogP contribution in [0.2, 0.25) is 0 Å². The minimum absolute atomic E-state index is 0. The number of carboxylic acids is 1. The number of non-ortho nitro benzene ring substituents is 1. The number of rotatable bonds is 2. The fourth-order valence-electron chi connectivity index (χ4n) is 0.758. The topological polar surface area (TPSA) is 138 Å². The van der Waals surface area contributed by atoms with Crippen LogP contribution in [-0.4, -0.2) is 23.9 Å². The summed E-state index contributed by atoms with van der Waals surface area (Å²) in [6.45, 7) is 0.972. The third-order valence-corrected chi connectivity index (χ3v) is 2.18. The van der Waals surface area contributed by atoms with Gasteiger partial charge in [0.15, 0.2) is 0 Å². The summed E-state index contributed by atoms with van der Waals surface area (Å²) in [5.41, 5.74) is -0.380. The Labute approximate surface area is 125 Å². The van der Waals surface area contributed by atoms with Gasteiger partial charge >= 0.3 is 29.6 Å². The van der Waals surface area contributed by atoms with Crippen molar-refractivity contribution in [1.29, 1.82) is 0 Å². The fraction of sp³-hybridized carbons (Fsp3) is 0.125. The summed E-state index contributed by atoms with van der Waals surface area (Å²) < 4.78 is 29.6. The standard InChI is InChI=1S/C6H5NO5S.C2H4O2.Na/c8-7(9)5-2-1-3-6(4-5)13(10,11)12;1-2(3)4;/h1-4H,(H,10,11,12);1H3,(H,3,4);/q;;+1/p-1. The Morgan fingerprint density at radius 1 is 1.39 bits per heavy atom. The minimum Gasteiger partial charge on any atom is -0.550 e. The predicted molar refractivity (Wildman–Crippen MR) is 53.6 cm³/mol. The molecule has 0 radical (unpaired) electrons. The Hall–Kier alpha value is -1.000. The maximum absolute atomic E-state index is 10.5. The Kier molecular flexibility index (Phi) is 8.77. The first-order valence-corrected chi connectivity index (χ1v) is 5.48. The maximum Gasteiger partial charge on any atom is 1.00 e. The van der Waals surface area contributed by atoms with Crippen molar-refractivity contribution < 1.29 is 57.4 Å². The molecule has 0 aliphatic carbocycles. The number of carbonyl (C=O) groups is 1. The predicted octanol–water partition coefficient (Wildman–Crippen LogP) is -3.40. The Balaban J connectivity index is 0. The number of aliphatic carboxylic acids is 1. The smallest absolute Gasteiger partial charge is 0.550 e. The van der Waals surface area contributed by atoms with Gasteiger partial charge in [-0.2, -0.15) is 8.42 Å². The summed E-state index contributed by atoms with van der Waals surface area (Å²) in [6.07, 6.45) is 0. The summed E-state index contributed by atoms with van der Waals surface area (Å²) in [4.78, 5) is 17.9. The zero-order valence-electron chi connectivity index (χ0n) is 9.56. The molecule has 8 nitrogen and oxygen atoms in total. The van der Waals surface area contributed by atoms with Crippen LogP contribution >= 0.6 is 0 Å². The van der Waals surface area contributed by atoms with E-state index in [2.05, 4.69) is 0 Å². The van der Waals surface area contributed by atoms with Gasteiger partial charge in [0, 0.05) is 18.1 Å². The molecule has 18 heavy (non-hydrogen) atoms. The van der Waals surface area contributed by atoms with Crippen molar-refractivity contribution in [2.75, 3.05) is 0 Å². The Morgan fingerprint density at radius 3 is 2.17 bits per heavy atom. The van der Waals surface area contributed by atoms with Crippen molar-refractivity contribution in [2.24, 2.45) is 0 Å². The molecule has 1 aromatic rings. The SMILES string of the molecule is CC(=O)[O-].O=[N+]([O-])c1cccc(S(=O)(=O)O)c1.[Na+]. The first-order valence-electron chi connectivity index (χ1n) is 4.04. The van der Waals surface area contributed by atoms with E-state index in [4.69, 9.17) is 14.5 Å². The van der Waals surface area contributed by atoms with E-state index in [1.54, 1.807) is 0 Å². The van der Waals surface area contributed by atoms with Gasteiger partial charge in [-0.1, -0.05) is 6.07 Å². The molecule has 10 heteroatoms. The molecule has 0 bridgehead atoms. The monoisotopic (exact) mass is 285 g/mol. The van der Waals surface area contributed by atoms with E-state index in [1.165, 1.54) is 6.07 Å². The van der Waals surface area contributed by atoms with E-state index in [9.17, 15) is 18.5 Å². The first kappa shape index (κ1) is 19.3. The van der Waals surface area contributed by atoms with Gasteiger partial charge in [-0.25, -0.2) is 0 Å². The van der Waals surface area contributed by atoms with E-state index in [0.717, 1.165) is 25.1 Å². The van der Waals surface area contributed by atoms with Crippen LogP contribution in [0.1, 0.15) is 6.92 Å². The van der Waals surface area contributed by atoms with E-state index in [0.29, 0.717) is 0 Å². The van der Waals surface area contributed by atoms with E-state index in [-0.39, 0.29) is 35.2 Å². The van der Waals surface area contributed by atoms with Crippen molar-refractivity contribution >= 4 is 21.8 Å². The second-order valence-corrected chi connectivity index (χ2v) is 4.14. The molecule has 0 atom stereocenters. The van der Waals surface area contributed by atoms with Crippen LogP contribution in [0.5, 0.6) is 0 Å². The summed E-state index contributed by atoms with van der Waals surface area (Å²) in [6, 6.07) is 4.17. The molecule has 1 N–H and O–H groups in total. The molecule has 1 aromatic carbocycles. The quantitative estimate of drug-likeness (QED) is 0.259. The second kappa shape index (κ2) is 8.16. The summed E-state index contributed by atoms with van der Waals surface area (Å²) in [7, 11) is -4.36. The van der Waals surface area contributed by atoms with Gasteiger partial charge in [0.05, 0.1) is 4.92 Å². The number of carbonyl (C=O) groups excluding carboxylic acids is 1. The van der Waals surface area contributed by atoms with Gasteiger partial charge in [0.25, 0.3) is 15.8 Å². The van der Waals surface area contributed by atoms with E-state index < -0.39 is 25.9 Å². The zero-order chi connectivity index (χ0) is 13.6. The third-order valence-electron chi connectivity index (χ3n) is 1.33. The molecule has 0 amide bonds. The maximum atomic E-state index is 10.5. The van der Waals surface area contributed by atoms with Crippen LogP contribution in [0.15, 0.2) is 29.2 Å².